The Kier molecular flexibility index (Phi) is 7.00. The second kappa shape index (κ2) is 9.45. The number of rotatable bonds is 6. The average Bonchev–Trinajstić information content (AvgIpc) is 2.72. The van der Waals surface area contributed by atoms with Crippen LogP contribution in [-0.4, -0.2) is 8.80 Å². The Morgan fingerprint density at radius 3 is 2.07 bits per heavy atom. The second-order valence-corrected chi connectivity index (χ2v) is 11.8. The predicted molar refractivity (Wildman–Crippen MR) is 115 cm³/mol. The van der Waals surface area contributed by atoms with Gasteiger partial charge >= 0.3 is 0 Å². The Hall–Kier alpha value is -1.74. The SMILES string of the molecule is CC(C)CC[Si@H]1CC[C@H](c2ccc(-c3ccc(C(F)=CF)cc3)cc2)CC1. The van der Waals surface area contributed by atoms with Crippen molar-refractivity contribution in [3.8, 4) is 11.1 Å². The Morgan fingerprint density at radius 1 is 1.00 bits per heavy atom. The van der Waals surface area contributed by atoms with Crippen LogP contribution in [0.2, 0.25) is 18.1 Å². The first kappa shape index (κ1) is 20.0. The third kappa shape index (κ3) is 5.38. The van der Waals surface area contributed by atoms with Crippen molar-refractivity contribution < 1.29 is 8.78 Å². The summed E-state index contributed by atoms with van der Waals surface area (Å²) >= 11 is 0. The Bertz CT molecular complexity index is 739. The van der Waals surface area contributed by atoms with Gasteiger partial charge in [-0.1, -0.05) is 86.9 Å². The second-order valence-electron chi connectivity index (χ2n) is 8.35. The lowest BCUT2D eigenvalue weighted by atomic mass is 9.92. The first-order valence-corrected chi connectivity index (χ1v) is 12.7. The molecule has 1 heterocycles. The zero-order valence-electron chi connectivity index (χ0n) is 16.4. The van der Waals surface area contributed by atoms with E-state index in [0.29, 0.717) is 5.92 Å². The Labute approximate surface area is 163 Å². The molecule has 1 saturated heterocycles. The van der Waals surface area contributed by atoms with Gasteiger partial charge < -0.3 is 0 Å². The lowest BCUT2D eigenvalue weighted by Gasteiger charge is -2.28. The van der Waals surface area contributed by atoms with E-state index in [0.717, 1.165) is 17.0 Å². The molecule has 0 radical (unpaired) electrons. The molecule has 0 unspecified atom stereocenters. The highest BCUT2D eigenvalue weighted by atomic mass is 28.3. The van der Waals surface area contributed by atoms with Gasteiger partial charge in [-0.3, -0.25) is 0 Å². The van der Waals surface area contributed by atoms with Crippen LogP contribution in [0.15, 0.2) is 54.9 Å². The van der Waals surface area contributed by atoms with Crippen molar-refractivity contribution in [1.82, 2.24) is 0 Å². The molecule has 0 saturated carbocycles. The van der Waals surface area contributed by atoms with Crippen LogP contribution in [0.1, 0.15) is 50.2 Å². The molecular weight excluding hydrogens is 354 g/mol. The van der Waals surface area contributed by atoms with E-state index in [-0.39, 0.29) is 11.9 Å². The molecule has 2 aromatic carbocycles. The van der Waals surface area contributed by atoms with E-state index in [9.17, 15) is 8.78 Å². The van der Waals surface area contributed by atoms with Crippen LogP contribution < -0.4 is 0 Å². The number of hydrogen-bond acceptors (Lipinski definition) is 0. The number of halogens is 2. The van der Waals surface area contributed by atoms with Crippen LogP contribution in [0, 0.1) is 5.92 Å². The van der Waals surface area contributed by atoms with Gasteiger partial charge in [0.05, 0.1) is 0 Å². The van der Waals surface area contributed by atoms with E-state index in [1.807, 2.05) is 12.1 Å². The molecule has 0 nitrogen and oxygen atoms in total. The van der Waals surface area contributed by atoms with Crippen molar-refractivity contribution in [1.29, 1.82) is 0 Å². The maximum Gasteiger partial charge on any atom is 0.158 e. The Balaban J connectivity index is 1.59. The molecule has 2 aromatic rings. The highest BCUT2D eigenvalue weighted by Crippen LogP contribution is 2.36. The van der Waals surface area contributed by atoms with Gasteiger partial charge in [0, 0.05) is 14.4 Å². The third-order valence-electron chi connectivity index (χ3n) is 5.97. The zero-order chi connectivity index (χ0) is 19.2. The molecule has 3 rings (SSSR count). The largest absolute Gasteiger partial charge is 0.212 e. The van der Waals surface area contributed by atoms with Gasteiger partial charge in [-0.25, -0.2) is 8.78 Å². The molecule has 0 atom stereocenters. The minimum Gasteiger partial charge on any atom is -0.212 e. The molecule has 0 amide bonds. The van der Waals surface area contributed by atoms with E-state index in [1.165, 1.54) is 43.0 Å². The van der Waals surface area contributed by atoms with Crippen LogP contribution >= 0.6 is 0 Å². The summed E-state index contributed by atoms with van der Waals surface area (Å²) in [5.74, 6) is 0.735. The zero-order valence-corrected chi connectivity index (χ0v) is 17.6. The highest BCUT2D eigenvalue weighted by molar-refractivity contribution is 6.59. The lowest BCUT2D eigenvalue weighted by molar-refractivity contribution is 0.587. The van der Waals surface area contributed by atoms with E-state index >= 15 is 0 Å². The topological polar surface area (TPSA) is 0 Å². The van der Waals surface area contributed by atoms with Crippen molar-refractivity contribution in [3.05, 3.63) is 66.0 Å². The molecule has 3 heteroatoms. The van der Waals surface area contributed by atoms with Crippen molar-refractivity contribution >= 4 is 14.6 Å². The fraction of sp³-hybridized carbons (Fsp3) is 0.417. The van der Waals surface area contributed by atoms with Gasteiger partial charge in [-0.05, 0) is 41.4 Å². The standard InChI is InChI=1S/C24H30F2Si/c1-18(2)11-14-27-15-12-22(13-16-27)21-5-3-19(4-6-21)20-7-9-23(10-8-20)24(26)17-25/h3-10,17-18,22,27H,11-16H2,1-2H3/t22-,27-. The minimum atomic E-state index is -0.829. The fourth-order valence-corrected chi connectivity index (χ4v) is 7.94. The monoisotopic (exact) mass is 384 g/mol. The molecular formula is C24H30F2Si. The minimum absolute atomic E-state index is 0.00419. The summed E-state index contributed by atoms with van der Waals surface area (Å²) in [6, 6.07) is 20.3. The van der Waals surface area contributed by atoms with Crippen LogP contribution in [0.25, 0.3) is 17.0 Å². The van der Waals surface area contributed by atoms with Crippen LogP contribution in [0.3, 0.4) is 0 Å². The average molecular weight is 385 g/mol. The molecule has 1 aliphatic heterocycles. The van der Waals surface area contributed by atoms with Gasteiger partial charge in [0.15, 0.2) is 5.83 Å². The lowest BCUT2D eigenvalue weighted by Crippen LogP contribution is -2.20. The fourth-order valence-electron chi connectivity index (χ4n) is 4.19. The van der Waals surface area contributed by atoms with Crippen molar-refractivity contribution in [2.45, 2.75) is 57.2 Å². The maximum absolute atomic E-state index is 13.3. The highest BCUT2D eigenvalue weighted by Gasteiger charge is 2.23. The van der Waals surface area contributed by atoms with Crippen LogP contribution in [-0.2, 0) is 0 Å². The summed E-state index contributed by atoms with van der Waals surface area (Å²) < 4.78 is 25.5. The van der Waals surface area contributed by atoms with E-state index in [4.69, 9.17) is 0 Å². The summed E-state index contributed by atoms with van der Waals surface area (Å²) in [6.07, 6.45) is 4.14. The van der Waals surface area contributed by atoms with E-state index in [2.05, 4.69) is 38.1 Å². The van der Waals surface area contributed by atoms with Crippen molar-refractivity contribution in [2.75, 3.05) is 0 Å². The first-order valence-electron chi connectivity index (χ1n) is 10.2. The van der Waals surface area contributed by atoms with E-state index in [1.54, 1.807) is 12.1 Å². The molecule has 1 fully saturated rings. The quantitative estimate of drug-likeness (QED) is 0.447. The van der Waals surface area contributed by atoms with Crippen molar-refractivity contribution in [3.63, 3.8) is 0 Å². The van der Waals surface area contributed by atoms with Gasteiger partial charge in [0.1, 0.15) is 6.33 Å². The summed E-state index contributed by atoms with van der Waals surface area (Å²) in [5, 5.41) is 0. The third-order valence-corrected chi connectivity index (χ3v) is 9.42. The molecule has 0 N–H and O–H groups in total. The molecule has 0 spiro atoms. The van der Waals surface area contributed by atoms with Crippen LogP contribution in [0.5, 0.6) is 0 Å². The molecule has 1 aliphatic rings. The summed E-state index contributed by atoms with van der Waals surface area (Å²) in [5.41, 5.74) is 3.88. The summed E-state index contributed by atoms with van der Waals surface area (Å²) in [6.45, 7) is 4.67. The smallest absolute Gasteiger partial charge is 0.158 e. The normalized spacial score (nSPS) is 20.9. The molecule has 144 valence electrons. The molecule has 27 heavy (non-hydrogen) atoms. The Morgan fingerprint density at radius 2 is 1.56 bits per heavy atom. The summed E-state index contributed by atoms with van der Waals surface area (Å²) in [7, 11) is -0.481. The van der Waals surface area contributed by atoms with Gasteiger partial charge in [0.25, 0.3) is 0 Å². The number of hydrogen-bond donors (Lipinski definition) is 0. The molecule has 0 bridgehead atoms. The first-order chi connectivity index (χ1) is 13.1. The predicted octanol–water partition coefficient (Wildman–Crippen LogP) is 7.74. The molecule has 0 aliphatic carbocycles. The van der Waals surface area contributed by atoms with E-state index < -0.39 is 14.6 Å². The maximum atomic E-state index is 13.3. The van der Waals surface area contributed by atoms with Gasteiger partial charge in [0.2, 0.25) is 0 Å². The molecule has 0 aromatic heterocycles. The number of benzene rings is 2. The van der Waals surface area contributed by atoms with Gasteiger partial charge in [-0.15, -0.1) is 0 Å². The van der Waals surface area contributed by atoms with Gasteiger partial charge in [-0.2, -0.15) is 0 Å². The summed E-state index contributed by atoms with van der Waals surface area (Å²) in [4.78, 5) is 0. The van der Waals surface area contributed by atoms with Crippen LogP contribution in [0.4, 0.5) is 8.78 Å². The van der Waals surface area contributed by atoms with Crippen molar-refractivity contribution in [2.24, 2.45) is 5.92 Å².